The number of fused-ring (bicyclic) bond motifs is 1. The van der Waals surface area contributed by atoms with E-state index in [1.807, 2.05) is 62.5 Å². The molecule has 0 aliphatic rings. The number of rotatable bonds is 6. The molecule has 2 aromatic heterocycles. The van der Waals surface area contributed by atoms with Gasteiger partial charge in [-0.2, -0.15) is 4.98 Å². The maximum absolute atomic E-state index is 12.2. The van der Waals surface area contributed by atoms with Crippen molar-refractivity contribution in [1.82, 2.24) is 20.4 Å². The van der Waals surface area contributed by atoms with Gasteiger partial charge >= 0.3 is 6.03 Å². The highest BCUT2D eigenvalue weighted by molar-refractivity contribution is 5.89. The molecule has 3 N–H and O–H groups in total. The van der Waals surface area contributed by atoms with E-state index in [0.29, 0.717) is 23.9 Å². The SMILES string of the molecule is CC(C)c1noc(-c2ccc(NC(=O)NCCc3c[nH]c4ccccc34)cc2)n1. The Bertz CT molecular complexity index is 1110. The second-order valence-electron chi connectivity index (χ2n) is 7.18. The molecular weight excluding hydrogens is 366 g/mol. The fraction of sp³-hybridized carbons (Fsp3) is 0.227. The Labute approximate surface area is 168 Å². The van der Waals surface area contributed by atoms with E-state index in [2.05, 4.69) is 31.8 Å². The van der Waals surface area contributed by atoms with Crippen molar-refractivity contribution >= 4 is 22.6 Å². The number of carbonyl (C=O) groups is 1. The summed E-state index contributed by atoms with van der Waals surface area (Å²) in [6.45, 7) is 4.57. The molecule has 148 valence electrons. The minimum Gasteiger partial charge on any atom is -0.361 e. The largest absolute Gasteiger partial charge is 0.361 e. The number of hydrogen-bond acceptors (Lipinski definition) is 4. The topological polar surface area (TPSA) is 95.8 Å². The van der Waals surface area contributed by atoms with E-state index < -0.39 is 0 Å². The summed E-state index contributed by atoms with van der Waals surface area (Å²) >= 11 is 0. The molecule has 0 aliphatic heterocycles. The van der Waals surface area contributed by atoms with E-state index >= 15 is 0 Å². The van der Waals surface area contributed by atoms with Crippen LogP contribution in [0.25, 0.3) is 22.4 Å². The number of aromatic amines is 1. The van der Waals surface area contributed by atoms with Crippen molar-refractivity contribution in [2.75, 3.05) is 11.9 Å². The molecule has 2 aromatic carbocycles. The van der Waals surface area contributed by atoms with Crippen molar-refractivity contribution in [2.24, 2.45) is 0 Å². The molecule has 0 spiro atoms. The number of nitrogens with one attached hydrogen (secondary N) is 3. The Kier molecular flexibility index (Phi) is 5.29. The van der Waals surface area contributed by atoms with Crippen LogP contribution in [0.3, 0.4) is 0 Å². The van der Waals surface area contributed by atoms with Crippen molar-refractivity contribution in [3.8, 4) is 11.5 Å². The summed E-state index contributed by atoms with van der Waals surface area (Å²) in [4.78, 5) is 19.8. The molecule has 0 aliphatic carbocycles. The van der Waals surface area contributed by atoms with Crippen LogP contribution in [-0.4, -0.2) is 27.7 Å². The van der Waals surface area contributed by atoms with E-state index in [-0.39, 0.29) is 11.9 Å². The first-order valence-electron chi connectivity index (χ1n) is 9.64. The predicted octanol–water partition coefficient (Wildman–Crippen LogP) is 4.71. The Morgan fingerprint density at radius 2 is 1.93 bits per heavy atom. The lowest BCUT2D eigenvalue weighted by Crippen LogP contribution is -2.30. The Hall–Kier alpha value is -3.61. The standard InChI is InChI=1S/C22H23N5O2/c1-14(2)20-26-21(29-27-20)15-7-9-17(10-8-15)25-22(28)23-12-11-16-13-24-19-6-4-3-5-18(16)19/h3-10,13-14,24H,11-12H2,1-2H3,(H2,23,25,28). The van der Waals surface area contributed by atoms with Crippen LogP contribution < -0.4 is 10.6 Å². The van der Waals surface area contributed by atoms with Crippen molar-refractivity contribution in [3.63, 3.8) is 0 Å². The zero-order valence-electron chi connectivity index (χ0n) is 16.4. The highest BCUT2D eigenvalue weighted by Gasteiger charge is 2.11. The zero-order valence-corrected chi connectivity index (χ0v) is 16.4. The van der Waals surface area contributed by atoms with Gasteiger partial charge in [0.25, 0.3) is 5.89 Å². The smallest absolute Gasteiger partial charge is 0.319 e. The minimum atomic E-state index is -0.238. The van der Waals surface area contributed by atoms with Crippen LogP contribution in [0.5, 0.6) is 0 Å². The highest BCUT2D eigenvalue weighted by atomic mass is 16.5. The van der Waals surface area contributed by atoms with Crippen LogP contribution in [0.2, 0.25) is 0 Å². The molecule has 0 unspecified atom stereocenters. The zero-order chi connectivity index (χ0) is 20.2. The second kappa shape index (κ2) is 8.18. The van der Waals surface area contributed by atoms with Gasteiger partial charge in [0, 0.05) is 40.8 Å². The first-order valence-corrected chi connectivity index (χ1v) is 9.64. The van der Waals surface area contributed by atoms with Gasteiger partial charge < -0.3 is 20.1 Å². The second-order valence-corrected chi connectivity index (χ2v) is 7.18. The van der Waals surface area contributed by atoms with Gasteiger partial charge in [-0.25, -0.2) is 4.79 Å². The van der Waals surface area contributed by atoms with Gasteiger partial charge in [-0.3, -0.25) is 0 Å². The Morgan fingerprint density at radius 1 is 1.14 bits per heavy atom. The normalized spacial score (nSPS) is 11.1. The van der Waals surface area contributed by atoms with Crippen LogP contribution in [0.15, 0.2) is 59.3 Å². The molecule has 7 nitrogen and oxygen atoms in total. The number of carbonyl (C=O) groups excluding carboxylic acids is 1. The lowest BCUT2D eigenvalue weighted by atomic mass is 10.1. The average molecular weight is 389 g/mol. The predicted molar refractivity (Wildman–Crippen MR) is 113 cm³/mol. The van der Waals surface area contributed by atoms with Crippen LogP contribution in [0.1, 0.15) is 31.2 Å². The van der Waals surface area contributed by atoms with Crippen LogP contribution in [0, 0.1) is 0 Å². The first-order chi connectivity index (χ1) is 14.1. The maximum Gasteiger partial charge on any atom is 0.319 e. The van der Waals surface area contributed by atoms with E-state index in [0.717, 1.165) is 17.5 Å². The molecule has 4 aromatic rings. The summed E-state index contributed by atoms with van der Waals surface area (Å²) in [5, 5.41) is 10.9. The molecule has 7 heteroatoms. The third-order valence-corrected chi connectivity index (χ3v) is 4.70. The highest BCUT2D eigenvalue weighted by Crippen LogP contribution is 2.22. The fourth-order valence-corrected chi connectivity index (χ4v) is 3.11. The summed E-state index contributed by atoms with van der Waals surface area (Å²) in [6.07, 6.45) is 2.75. The number of hydrogen-bond donors (Lipinski definition) is 3. The number of anilines is 1. The van der Waals surface area contributed by atoms with Gasteiger partial charge in [0.05, 0.1) is 0 Å². The van der Waals surface area contributed by atoms with Crippen molar-refractivity contribution in [2.45, 2.75) is 26.2 Å². The summed E-state index contributed by atoms with van der Waals surface area (Å²) in [5.74, 6) is 1.36. The number of urea groups is 1. The monoisotopic (exact) mass is 389 g/mol. The van der Waals surface area contributed by atoms with Crippen LogP contribution >= 0.6 is 0 Å². The molecular formula is C22H23N5O2. The van der Waals surface area contributed by atoms with Gasteiger partial charge in [0.1, 0.15) is 0 Å². The molecule has 0 saturated heterocycles. The number of amides is 2. The van der Waals surface area contributed by atoms with Gasteiger partial charge in [0.15, 0.2) is 5.82 Å². The van der Waals surface area contributed by atoms with Crippen molar-refractivity contribution < 1.29 is 9.32 Å². The van der Waals surface area contributed by atoms with Crippen LogP contribution in [-0.2, 0) is 6.42 Å². The van der Waals surface area contributed by atoms with Gasteiger partial charge in [-0.1, -0.05) is 37.2 Å². The maximum atomic E-state index is 12.2. The summed E-state index contributed by atoms with van der Waals surface area (Å²) in [7, 11) is 0. The third kappa shape index (κ3) is 4.29. The molecule has 4 rings (SSSR count). The number of nitrogens with zero attached hydrogens (tertiary/aromatic N) is 2. The van der Waals surface area contributed by atoms with Gasteiger partial charge in [0.2, 0.25) is 0 Å². The first kappa shape index (κ1) is 18.7. The Morgan fingerprint density at radius 3 is 2.69 bits per heavy atom. The van der Waals surface area contributed by atoms with E-state index in [1.165, 1.54) is 10.9 Å². The molecule has 2 heterocycles. The Balaban J connectivity index is 1.30. The summed E-state index contributed by atoms with van der Waals surface area (Å²) in [6, 6.07) is 15.2. The molecule has 0 fully saturated rings. The van der Waals surface area contributed by atoms with Crippen molar-refractivity contribution in [1.29, 1.82) is 0 Å². The number of benzene rings is 2. The van der Waals surface area contributed by atoms with E-state index in [9.17, 15) is 4.79 Å². The molecule has 29 heavy (non-hydrogen) atoms. The van der Waals surface area contributed by atoms with Crippen molar-refractivity contribution in [3.05, 3.63) is 66.1 Å². The van der Waals surface area contributed by atoms with Crippen LogP contribution in [0.4, 0.5) is 10.5 Å². The van der Waals surface area contributed by atoms with Gasteiger partial charge in [-0.05, 0) is 42.3 Å². The number of para-hydroxylation sites is 1. The fourth-order valence-electron chi connectivity index (χ4n) is 3.11. The number of aromatic nitrogens is 3. The molecule has 0 radical (unpaired) electrons. The number of H-pyrrole nitrogens is 1. The molecule has 0 bridgehead atoms. The van der Waals surface area contributed by atoms with E-state index in [1.54, 1.807) is 0 Å². The lowest BCUT2D eigenvalue weighted by molar-refractivity contribution is 0.252. The average Bonchev–Trinajstić information content (AvgIpc) is 3.37. The molecule has 0 atom stereocenters. The summed E-state index contributed by atoms with van der Waals surface area (Å²) < 4.78 is 5.29. The molecule has 0 saturated carbocycles. The minimum absolute atomic E-state index is 0.210. The summed E-state index contributed by atoms with van der Waals surface area (Å²) in [5.41, 5.74) is 3.80. The molecule has 2 amide bonds. The van der Waals surface area contributed by atoms with E-state index in [4.69, 9.17) is 4.52 Å². The third-order valence-electron chi connectivity index (χ3n) is 4.70. The quantitative estimate of drug-likeness (QED) is 0.445. The lowest BCUT2D eigenvalue weighted by Gasteiger charge is -2.07. The van der Waals surface area contributed by atoms with Gasteiger partial charge in [-0.15, -0.1) is 0 Å².